The van der Waals surface area contributed by atoms with Crippen LogP contribution in [-0.2, 0) is 18.3 Å². The summed E-state index contributed by atoms with van der Waals surface area (Å²) >= 11 is 0. The minimum absolute atomic E-state index is 0.203. The standard InChI is InChI=1S/C13H23N3O4/c1-9-11(10(2)16(3)15-9)4-5-12(20)14-13(6-17,7-18)8-19/h17-19H,4-8H2,1-3H3,(H,14,20). The predicted molar refractivity (Wildman–Crippen MR) is 73.1 cm³/mol. The SMILES string of the molecule is Cc1nn(C)c(C)c1CCC(=O)NC(CO)(CO)CO. The van der Waals surface area contributed by atoms with E-state index in [2.05, 4.69) is 10.4 Å². The first kappa shape index (κ1) is 16.6. The average Bonchev–Trinajstić information content (AvgIpc) is 2.68. The van der Waals surface area contributed by atoms with E-state index >= 15 is 0 Å². The lowest BCUT2D eigenvalue weighted by Gasteiger charge is -2.28. The minimum Gasteiger partial charge on any atom is -0.394 e. The maximum absolute atomic E-state index is 11.9. The highest BCUT2D eigenvalue weighted by Crippen LogP contribution is 2.14. The van der Waals surface area contributed by atoms with Crippen molar-refractivity contribution >= 4 is 5.91 Å². The Kier molecular flexibility index (Phi) is 5.67. The number of aliphatic hydroxyl groups is 3. The third kappa shape index (κ3) is 3.56. The fourth-order valence-corrected chi connectivity index (χ4v) is 2.04. The lowest BCUT2D eigenvalue weighted by Crippen LogP contribution is -2.57. The number of rotatable bonds is 7. The Morgan fingerprint density at radius 2 is 1.80 bits per heavy atom. The second-order valence-corrected chi connectivity index (χ2v) is 5.08. The van der Waals surface area contributed by atoms with Crippen LogP contribution in [0.25, 0.3) is 0 Å². The van der Waals surface area contributed by atoms with Gasteiger partial charge >= 0.3 is 0 Å². The van der Waals surface area contributed by atoms with Crippen LogP contribution in [0.3, 0.4) is 0 Å². The molecule has 0 atom stereocenters. The molecule has 0 saturated carbocycles. The van der Waals surface area contributed by atoms with Crippen LogP contribution in [0.15, 0.2) is 0 Å². The molecule has 1 aromatic rings. The maximum atomic E-state index is 11.9. The van der Waals surface area contributed by atoms with Crippen LogP contribution in [0, 0.1) is 13.8 Å². The van der Waals surface area contributed by atoms with Gasteiger partial charge in [0.25, 0.3) is 0 Å². The molecule has 7 heteroatoms. The van der Waals surface area contributed by atoms with Gasteiger partial charge in [0.1, 0.15) is 5.54 Å². The van der Waals surface area contributed by atoms with E-state index in [1.807, 2.05) is 20.9 Å². The van der Waals surface area contributed by atoms with Gasteiger partial charge in [0, 0.05) is 19.2 Å². The number of aliphatic hydroxyl groups excluding tert-OH is 3. The van der Waals surface area contributed by atoms with Crippen molar-refractivity contribution in [2.45, 2.75) is 32.2 Å². The number of carbonyl (C=O) groups is 1. The monoisotopic (exact) mass is 285 g/mol. The van der Waals surface area contributed by atoms with E-state index in [4.69, 9.17) is 15.3 Å². The van der Waals surface area contributed by atoms with E-state index in [1.54, 1.807) is 4.68 Å². The summed E-state index contributed by atoms with van der Waals surface area (Å²) in [5.41, 5.74) is 1.55. The highest BCUT2D eigenvalue weighted by Gasteiger charge is 2.29. The first-order valence-corrected chi connectivity index (χ1v) is 6.52. The number of aryl methyl sites for hydroxylation is 2. The Morgan fingerprint density at radius 3 is 2.20 bits per heavy atom. The first-order chi connectivity index (χ1) is 9.39. The van der Waals surface area contributed by atoms with Gasteiger partial charge in [-0.3, -0.25) is 9.48 Å². The van der Waals surface area contributed by atoms with Gasteiger partial charge in [-0.05, 0) is 25.8 Å². The minimum atomic E-state index is -1.36. The zero-order valence-corrected chi connectivity index (χ0v) is 12.2. The zero-order valence-electron chi connectivity index (χ0n) is 12.2. The molecule has 1 aromatic heterocycles. The van der Waals surface area contributed by atoms with Crippen LogP contribution in [-0.4, -0.2) is 56.4 Å². The average molecular weight is 285 g/mol. The molecule has 4 N–H and O–H groups in total. The maximum Gasteiger partial charge on any atom is 0.220 e. The van der Waals surface area contributed by atoms with Crippen molar-refractivity contribution in [2.75, 3.05) is 19.8 Å². The molecule has 114 valence electrons. The van der Waals surface area contributed by atoms with Gasteiger partial charge in [0.05, 0.1) is 25.5 Å². The molecule has 0 aliphatic heterocycles. The highest BCUT2D eigenvalue weighted by atomic mass is 16.3. The Hall–Kier alpha value is -1.44. The molecule has 0 radical (unpaired) electrons. The molecule has 1 heterocycles. The van der Waals surface area contributed by atoms with Crippen molar-refractivity contribution in [3.63, 3.8) is 0 Å². The molecule has 0 aliphatic carbocycles. The van der Waals surface area contributed by atoms with E-state index in [-0.39, 0.29) is 12.3 Å². The molecule has 0 bridgehead atoms. The number of hydrogen-bond donors (Lipinski definition) is 4. The van der Waals surface area contributed by atoms with E-state index in [0.29, 0.717) is 6.42 Å². The van der Waals surface area contributed by atoms with Crippen molar-refractivity contribution in [2.24, 2.45) is 7.05 Å². The Balaban J connectivity index is 2.64. The first-order valence-electron chi connectivity index (χ1n) is 6.52. The summed E-state index contributed by atoms with van der Waals surface area (Å²) in [4.78, 5) is 11.9. The van der Waals surface area contributed by atoms with Crippen molar-refractivity contribution in [3.8, 4) is 0 Å². The Labute approximate surface area is 118 Å². The molecule has 1 rings (SSSR count). The molecule has 20 heavy (non-hydrogen) atoms. The second kappa shape index (κ2) is 6.83. The van der Waals surface area contributed by atoms with E-state index in [1.165, 1.54) is 0 Å². The Morgan fingerprint density at radius 1 is 1.25 bits per heavy atom. The van der Waals surface area contributed by atoms with Crippen molar-refractivity contribution < 1.29 is 20.1 Å². The van der Waals surface area contributed by atoms with Crippen molar-refractivity contribution in [1.29, 1.82) is 0 Å². The molecule has 0 saturated heterocycles. The number of nitrogens with one attached hydrogen (secondary N) is 1. The third-order valence-electron chi connectivity index (χ3n) is 3.57. The van der Waals surface area contributed by atoms with Crippen LogP contribution < -0.4 is 5.32 Å². The van der Waals surface area contributed by atoms with E-state index in [0.717, 1.165) is 17.0 Å². The van der Waals surface area contributed by atoms with Gasteiger partial charge in [0.15, 0.2) is 0 Å². The molecule has 0 unspecified atom stereocenters. The third-order valence-corrected chi connectivity index (χ3v) is 3.57. The summed E-state index contributed by atoms with van der Waals surface area (Å²) in [6.07, 6.45) is 0.727. The summed E-state index contributed by atoms with van der Waals surface area (Å²) in [5, 5.41) is 34.2. The number of nitrogens with zero attached hydrogens (tertiary/aromatic N) is 2. The highest BCUT2D eigenvalue weighted by molar-refractivity contribution is 5.77. The number of amides is 1. The molecule has 0 spiro atoms. The summed E-state index contributed by atoms with van der Waals surface area (Å²) in [6.45, 7) is 2.27. The van der Waals surface area contributed by atoms with Gasteiger partial charge in [-0.15, -0.1) is 0 Å². The van der Waals surface area contributed by atoms with Crippen LogP contribution in [0.1, 0.15) is 23.4 Å². The second-order valence-electron chi connectivity index (χ2n) is 5.08. The molecule has 0 fully saturated rings. The molecular weight excluding hydrogens is 262 g/mol. The summed E-state index contributed by atoms with van der Waals surface area (Å²) in [7, 11) is 1.85. The van der Waals surface area contributed by atoms with Crippen LogP contribution >= 0.6 is 0 Å². The molecule has 1 amide bonds. The smallest absolute Gasteiger partial charge is 0.220 e. The molecule has 0 aliphatic rings. The van der Waals surface area contributed by atoms with Gasteiger partial charge in [-0.2, -0.15) is 5.10 Å². The molecular formula is C13H23N3O4. The van der Waals surface area contributed by atoms with E-state index < -0.39 is 25.4 Å². The van der Waals surface area contributed by atoms with Gasteiger partial charge < -0.3 is 20.6 Å². The summed E-state index contributed by atoms with van der Waals surface area (Å²) in [6, 6.07) is 0. The number of carbonyl (C=O) groups excluding carboxylic acids is 1. The van der Waals surface area contributed by atoms with Crippen LogP contribution in [0.5, 0.6) is 0 Å². The largest absolute Gasteiger partial charge is 0.394 e. The summed E-state index contributed by atoms with van der Waals surface area (Å²) < 4.78 is 1.77. The summed E-state index contributed by atoms with van der Waals surface area (Å²) in [5.74, 6) is -0.329. The van der Waals surface area contributed by atoms with Gasteiger partial charge in [-0.1, -0.05) is 0 Å². The van der Waals surface area contributed by atoms with Gasteiger partial charge in [-0.25, -0.2) is 0 Å². The van der Waals surface area contributed by atoms with Crippen molar-refractivity contribution in [1.82, 2.24) is 15.1 Å². The van der Waals surface area contributed by atoms with Gasteiger partial charge in [0.2, 0.25) is 5.91 Å². The zero-order chi connectivity index (χ0) is 15.3. The van der Waals surface area contributed by atoms with Crippen LogP contribution in [0.4, 0.5) is 0 Å². The topological polar surface area (TPSA) is 108 Å². The number of aromatic nitrogens is 2. The Bertz CT molecular complexity index is 458. The lowest BCUT2D eigenvalue weighted by molar-refractivity contribution is -0.125. The predicted octanol–water partition coefficient (Wildman–Crippen LogP) is -1.20. The lowest BCUT2D eigenvalue weighted by atomic mass is 10.0. The fraction of sp³-hybridized carbons (Fsp3) is 0.692. The normalized spacial score (nSPS) is 11.7. The number of hydrogen-bond acceptors (Lipinski definition) is 5. The van der Waals surface area contributed by atoms with E-state index in [9.17, 15) is 4.79 Å². The molecule has 7 nitrogen and oxygen atoms in total. The molecule has 0 aromatic carbocycles. The van der Waals surface area contributed by atoms with Crippen LogP contribution in [0.2, 0.25) is 0 Å². The quantitative estimate of drug-likeness (QED) is 0.503. The van der Waals surface area contributed by atoms with Crippen molar-refractivity contribution in [3.05, 3.63) is 17.0 Å². The fourth-order valence-electron chi connectivity index (χ4n) is 2.04.